The third-order valence-electron chi connectivity index (χ3n) is 12.1. The summed E-state index contributed by atoms with van der Waals surface area (Å²) in [5.41, 5.74) is 0. The minimum atomic E-state index is -1.52. The molecule has 0 spiro atoms. The summed E-state index contributed by atoms with van der Waals surface area (Å²) in [7, 11) is 5.96. The van der Waals surface area contributed by atoms with E-state index in [-0.39, 0.29) is 32.2 Å². The summed E-state index contributed by atoms with van der Waals surface area (Å²) in [5, 5.41) is 9.68. The lowest BCUT2D eigenvalue weighted by atomic mass is 10.0. The van der Waals surface area contributed by atoms with Crippen LogP contribution in [-0.4, -0.2) is 87.4 Å². The molecule has 9 heteroatoms. The zero-order valence-electron chi connectivity index (χ0n) is 44.3. The third-order valence-corrected chi connectivity index (χ3v) is 12.1. The van der Waals surface area contributed by atoms with Gasteiger partial charge in [0.1, 0.15) is 13.2 Å². The summed E-state index contributed by atoms with van der Waals surface area (Å²) in [6, 6.07) is 0. The maximum Gasteiger partial charge on any atom is 0.361 e. The number of carboxylic acid groups (broad SMARTS) is 1. The maximum absolute atomic E-state index is 12.8. The average molecular weight is 945 g/mol. The van der Waals surface area contributed by atoms with Crippen molar-refractivity contribution >= 4 is 17.9 Å². The van der Waals surface area contributed by atoms with Gasteiger partial charge in [-0.2, -0.15) is 0 Å². The van der Waals surface area contributed by atoms with Crippen molar-refractivity contribution in [3.05, 3.63) is 48.6 Å². The molecule has 0 aromatic carbocycles. The van der Waals surface area contributed by atoms with E-state index in [1.807, 2.05) is 21.1 Å². The number of aliphatic carboxylic acids is 1. The smallest absolute Gasteiger partial charge is 0.361 e. The first kappa shape index (κ1) is 64.2. The van der Waals surface area contributed by atoms with Crippen LogP contribution in [0.2, 0.25) is 0 Å². The van der Waals surface area contributed by atoms with Crippen LogP contribution in [-0.2, 0) is 33.3 Å². The number of unbranched alkanes of at least 4 members (excludes halogenated alkanes) is 28. The van der Waals surface area contributed by atoms with Crippen molar-refractivity contribution < 1.29 is 42.9 Å². The number of likely N-dealkylation sites (N-methyl/N-ethyl adjacent to an activating group) is 1. The minimum absolute atomic E-state index is 0.182. The fourth-order valence-electron chi connectivity index (χ4n) is 7.83. The Morgan fingerprint density at radius 1 is 0.463 bits per heavy atom. The Morgan fingerprint density at radius 3 is 1.27 bits per heavy atom. The van der Waals surface area contributed by atoms with Gasteiger partial charge in [-0.15, -0.1) is 0 Å². The summed E-state index contributed by atoms with van der Waals surface area (Å²) in [5.74, 6) is -2.03. The monoisotopic (exact) mass is 945 g/mol. The molecule has 0 heterocycles. The molecule has 9 nitrogen and oxygen atoms in total. The van der Waals surface area contributed by atoms with E-state index in [0.29, 0.717) is 23.9 Å². The van der Waals surface area contributed by atoms with Gasteiger partial charge in [-0.25, -0.2) is 4.79 Å². The lowest BCUT2D eigenvalue weighted by Crippen LogP contribution is -2.40. The number of rotatable bonds is 51. The summed E-state index contributed by atoms with van der Waals surface area (Å²) in [6.07, 6.45) is 57.6. The topological polar surface area (TPSA) is 108 Å². The Kier molecular flexibility index (Phi) is 47.6. The zero-order chi connectivity index (χ0) is 49.2. The van der Waals surface area contributed by atoms with E-state index in [9.17, 15) is 19.5 Å². The van der Waals surface area contributed by atoms with Crippen molar-refractivity contribution in [1.29, 1.82) is 0 Å². The molecule has 0 aliphatic rings. The first-order chi connectivity index (χ1) is 32.6. The van der Waals surface area contributed by atoms with Crippen molar-refractivity contribution in [1.82, 2.24) is 0 Å². The molecule has 0 aromatic rings. The number of nitrogens with zero attached hydrogens (tertiary/aromatic N) is 1. The SMILES string of the molecule is CC/C=C\C/C=C\C/C=C\C/C=C\CCCCCCC(=O)OC(COC(=O)CCCCCCCCCCCCCCCCCCCCCCCCCCC)COC(OCC[N+](C)(C)C)C(=O)O. The van der Waals surface area contributed by atoms with Crippen LogP contribution in [0.25, 0.3) is 0 Å². The van der Waals surface area contributed by atoms with Crippen molar-refractivity contribution in [3.63, 3.8) is 0 Å². The zero-order valence-corrected chi connectivity index (χ0v) is 44.3. The highest BCUT2D eigenvalue weighted by Crippen LogP contribution is 2.17. The summed E-state index contributed by atoms with van der Waals surface area (Å²) >= 11 is 0. The van der Waals surface area contributed by atoms with Crippen LogP contribution in [0.3, 0.4) is 0 Å². The highest BCUT2D eigenvalue weighted by molar-refractivity contribution is 5.71. The van der Waals surface area contributed by atoms with Crippen LogP contribution >= 0.6 is 0 Å². The summed E-state index contributed by atoms with van der Waals surface area (Å²) in [4.78, 5) is 37.3. The molecule has 0 radical (unpaired) electrons. The Bertz CT molecular complexity index is 1240. The lowest BCUT2D eigenvalue weighted by Gasteiger charge is -2.25. The van der Waals surface area contributed by atoms with E-state index in [1.54, 1.807) is 0 Å². The molecule has 0 saturated heterocycles. The van der Waals surface area contributed by atoms with Crippen LogP contribution in [0.1, 0.15) is 245 Å². The summed E-state index contributed by atoms with van der Waals surface area (Å²) < 4.78 is 22.8. The molecule has 2 atom stereocenters. The number of ether oxygens (including phenoxy) is 4. The quantitative estimate of drug-likeness (QED) is 0.0211. The number of carboxylic acids is 1. The van der Waals surface area contributed by atoms with Gasteiger partial charge in [-0.1, -0.05) is 229 Å². The Balaban J connectivity index is 4.24. The predicted molar refractivity (Wildman–Crippen MR) is 281 cm³/mol. The molecule has 0 aliphatic carbocycles. The number of esters is 2. The molecule has 0 rings (SSSR count). The van der Waals surface area contributed by atoms with Crippen LogP contribution in [0.5, 0.6) is 0 Å². The molecule has 0 bridgehead atoms. The number of hydrogen-bond acceptors (Lipinski definition) is 7. The fourth-order valence-corrected chi connectivity index (χ4v) is 7.83. The van der Waals surface area contributed by atoms with E-state index in [0.717, 1.165) is 70.6 Å². The van der Waals surface area contributed by atoms with Crippen LogP contribution in [0, 0.1) is 0 Å². The summed E-state index contributed by atoms with van der Waals surface area (Å²) in [6.45, 7) is 4.76. The fraction of sp³-hybridized carbons (Fsp3) is 0.810. The van der Waals surface area contributed by atoms with E-state index in [1.165, 1.54) is 141 Å². The van der Waals surface area contributed by atoms with E-state index < -0.39 is 24.3 Å². The third kappa shape index (κ3) is 50.9. The second kappa shape index (κ2) is 49.7. The van der Waals surface area contributed by atoms with Gasteiger partial charge < -0.3 is 28.5 Å². The number of carbonyl (C=O) groups excluding carboxylic acids is 2. The first-order valence-electron chi connectivity index (χ1n) is 27.8. The molecule has 67 heavy (non-hydrogen) atoms. The number of allylic oxidation sites excluding steroid dienone is 8. The van der Waals surface area contributed by atoms with Crippen molar-refractivity contribution in [2.75, 3.05) is 47.5 Å². The molecule has 1 N–H and O–H groups in total. The first-order valence-corrected chi connectivity index (χ1v) is 27.8. The van der Waals surface area contributed by atoms with Gasteiger partial charge in [0, 0.05) is 12.8 Å². The molecular weight excluding hydrogens is 839 g/mol. The van der Waals surface area contributed by atoms with Crippen LogP contribution in [0.4, 0.5) is 0 Å². The second-order valence-corrected chi connectivity index (χ2v) is 19.9. The van der Waals surface area contributed by atoms with E-state index in [2.05, 4.69) is 62.5 Å². The number of hydrogen-bond donors (Lipinski definition) is 1. The standard InChI is InChI=1S/C58H105NO8/c1-6-8-10-12-14-16-18-20-22-24-25-26-27-28-29-30-31-33-34-36-38-40-42-44-46-48-55(60)65-52-54(53-66-58(57(62)63)64-51-50-59(3,4)5)67-56(61)49-47-45-43-41-39-37-35-32-23-21-19-17-15-13-11-9-7-2/h9,11,15,17,21,23,35,37,54,58H,6-8,10,12-14,16,18-20,22,24-34,36,38-53H2,1-5H3/p+1/b11-9-,17-15-,23-21-,37-35-. The molecule has 0 aliphatic heterocycles. The Hall–Kier alpha value is -2.75. The molecular formula is C58H106NO8+. The van der Waals surface area contributed by atoms with E-state index in [4.69, 9.17) is 18.9 Å². The van der Waals surface area contributed by atoms with Gasteiger partial charge in [-0.3, -0.25) is 9.59 Å². The predicted octanol–water partition coefficient (Wildman–Crippen LogP) is 15.9. The molecule has 0 saturated carbocycles. The van der Waals surface area contributed by atoms with Crippen molar-refractivity contribution in [3.8, 4) is 0 Å². The van der Waals surface area contributed by atoms with Gasteiger partial charge in [0.05, 0.1) is 34.4 Å². The normalized spacial score (nSPS) is 13.1. The van der Waals surface area contributed by atoms with Crippen molar-refractivity contribution in [2.45, 2.75) is 257 Å². The van der Waals surface area contributed by atoms with Gasteiger partial charge in [0.25, 0.3) is 6.29 Å². The van der Waals surface area contributed by atoms with Gasteiger partial charge in [-0.05, 0) is 51.4 Å². The Labute approximate surface area is 412 Å². The Morgan fingerprint density at radius 2 is 0.851 bits per heavy atom. The number of carbonyl (C=O) groups is 3. The average Bonchev–Trinajstić information content (AvgIpc) is 3.29. The maximum atomic E-state index is 12.8. The highest BCUT2D eigenvalue weighted by Gasteiger charge is 2.25. The van der Waals surface area contributed by atoms with Gasteiger partial charge in [0.15, 0.2) is 6.10 Å². The van der Waals surface area contributed by atoms with Crippen molar-refractivity contribution in [2.24, 2.45) is 0 Å². The molecule has 390 valence electrons. The number of quaternary nitrogens is 1. The van der Waals surface area contributed by atoms with Crippen LogP contribution < -0.4 is 0 Å². The van der Waals surface area contributed by atoms with Crippen LogP contribution in [0.15, 0.2) is 48.6 Å². The minimum Gasteiger partial charge on any atom is -0.477 e. The molecule has 0 amide bonds. The lowest BCUT2D eigenvalue weighted by molar-refractivity contribution is -0.870. The van der Waals surface area contributed by atoms with Gasteiger partial charge in [0.2, 0.25) is 0 Å². The van der Waals surface area contributed by atoms with Gasteiger partial charge >= 0.3 is 17.9 Å². The molecule has 0 fully saturated rings. The molecule has 0 aromatic heterocycles. The molecule has 2 unspecified atom stereocenters. The van der Waals surface area contributed by atoms with E-state index >= 15 is 0 Å². The highest BCUT2D eigenvalue weighted by atomic mass is 16.7. The second-order valence-electron chi connectivity index (χ2n) is 19.9. The largest absolute Gasteiger partial charge is 0.477 e.